The Bertz CT molecular complexity index is 1270. The molecule has 1 saturated heterocycles. The molecule has 0 bridgehead atoms. The molecule has 1 aromatic carbocycles. The first-order valence-corrected chi connectivity index (χ1v) is 11.2. The van der Waals surface area contributed by atoms with E-state index in [9.17, 15) is 4.39 Å². The fraction of sp³-hybridized carbons (Fsp3) is 0.280. The molecule has 0 amide bonds. The van der Waals surface area contributed by atoms with Crippen molar-refractivity contribution in [3.63, 3.8) is 0 Å². The van der Waals surface area contributed by atoms with Crippen molar-refractivity contribution in [2.24, 2.45) is 0 Å². The molecular formula is C25H26FN7O. The zero-order valence-corrected chi connectivity index (χ0v) is 18.9. The Kier molecular flexibility index (Phi) is 6.18. The lowest BCUT2D eigenvalue weighted by Gasteiger charge is -2.33. The molecule has 0 radical (unpaired) electrons. The normalized spacial score (nSPS) is 14.9. The van der Waals surface area contributed by atoms with E-state index in [1.165, 1.54) is 12.1 Å². The molecule has 1 aliphatic heterocycles. The zero-order valence-electron chi connectivity index (χ0n) is 18.9. The second-order valence-electron chi connectivity index (χ2n) is 8.34. The van der Waals surface area contributed by atoms with Crippen LogP contribution in [0.5, 0.6) is 5.88 Å². The Hall–Kier alpha value is -3.85. The van der Waals surface area contributed by atoms with Gasteiger partial charge in [-0.3, -0.25) is 4.90 Å². The Morgan fingerprint density at radius 2 is 1.82 bits per heavy atom. The van der Waals surface area contributed by atoms with Crippen LogP contribution >= 0.6 is 0 Å². The topological polar surface area (TPSA) is 95.0 Å². The van der Waals surface area contributed by atoms with Gasteiger partial charge in [0.25, 0.3) is 0 Å². The number of methoxy groups -OCH3 is 1. The summed E-state index contributed by atoms with van der Waals surface area (Å²) >= 11 is 0. The third-order valence-corrected chi connectivity index (χ3v) is 6.22. The average Bonchev–Trinajstić information content (AvgIpc) is 3.30. The van der Waals surface area contributed by atoms with Crippen molar-refractivity contribution in [1.29, 1.82) is 0 Å². The quantitative estimate of drug-likeness (QED) is 0.466. The van der Waals surface area contributed by atoms with Crippen molar-refractivity contribution < 1.29 is 9.13 Å². The molecule has 174 valence electrons. The molecule has 4 heterocycles. The molecule has 1 fully saturated rings. The number of nitrogens with zero attached hydrogens (tertiary/aromatic N) is 6. The van der Waals surface area contributed by atoms with Crippen LogP contribution in [-0.4, -0.2) is 49.6 Å². The molecule has 0 saturated carbocycles. The minimum atomic E-state index is -0.284. The van der Waals surface area contributed by atoms with Gasteiger partial charge in [0.05, 0.1) is 30.5 Å². The van der Waals surface area contributed by atoms with E-state index in [4.69, 9.17) is 15.5 Å². The van der Waals surface area contributed by atoms with E-state index >= 15 is 0 Å². The highest BCUT2D eigenvalue weighted by Gasteiger charge is 2.26. The van der Waals surface area contributed by atoms with Crippen LogP contribution in [0.4, 0.5) is 10.3 Å². The Morgan fingerprint density at radius 3 is 2.56 bits per heavy atom. The molecule has 0 atom stereocenters. The zero-order chi connectivity index (χ0) is 23.5. The number of ether oxygens (including phenoxy) is 1. The minimum Gasteiger partial charge on any atom is -0.481 e. The van der Waals surface area contributed by atoms with E-state index < -0.39 is 0 Å². The second kappa shape index (κ2) is 9.56. The number of nitrogens with two attached hydrogens (primary N) is 1. The molecule has 34 heavy (non-hydrogen) atoms. The standard InChI is InChI=1S/C25H26FN7O/c1-34-24-18(3-2-11-28-24)15-32-13-9-20(10-14-32)33-16-30-22(17-4-6-19(26)7-5-17)23(33)21-8-12-29-25(27)31-21/h2-8,11-12,16,20H,9-10,13-15H2,1H3,(H2,27,29,31). The summed E-state index contributed by atoms with van der Waals surface area (Å²) < 4.78 is 21.1. The second-order valence-corrected chi connectivity index (χ2v) is 8.34. The van der Waals surface area contributed by atoms with Gasteiger partial charge < -0.3 is 15.0 Å². The number of piperidine rings is 1. The van der Waals surface area contributed by atoms with Crippen molar-refractivity contribution >= 4 is 5.95 Å². The van der Waals surface area contributed by atoms with Crippen LogP contribution in [0.2, 0.25) is 0 Å². The lowest BCUT2D eigenvalue weighted by atomic mass is 10.0. The highest BCUT2D eigenvalue weighted by Crippen LogP contribution is 2.35. The Morgan fingerprint density at radius 1 is 1.03 bits per heavy atom. The summed E-state index contributed by atoms with van der Waals surface area (Å²) in [5, 5.41) is 0. The molecule has 0 unspecified atom stereocenters. The predicted octanol–water partition coefficient (Wildman–Crippen LogP) is 3.97. The summed E-state index contributed by atoms with van der Waals surface area (Å²) in [6, 6.07) is 12.4. The number of aromatic nitrogens is 5. The third kappa shape index (κ3) is 4.47. The van der Waals surface area contributed by atoms with Crippen LogP contribution in [0, 0.1) is 5.82 Å². The maximum Gasteiger partial charge on any atom is 0.220 e. The number of imidazole rings is 1. The van der Waals surface area contributed by atoms with E-state index in [1.54, 1.807) is 31.6 Å². The van der Waals surface area contributed by atoms with Gasteiger partial charge in [0, 0.05) is 49.2 Å². The summed E-state index contributed by atoms with van der Waals surface area (Å²) in [6.07, 6.45) is 7.16. The van der Waals surface area contributed by atoms with Crippen LogP contribution < -0.4 is 10.5 Å². The van der Waals surface area contributed by atoms with E-state index in [2.05, 4.69) is 30.5 Å². The predicted molar refractivity (Wildman–Crippen MR) is 127 cm³/mol. The Labute approximate surface area is 197 Å². The molecule has 0 aliphatic carbocycles. The largest absolute Gasteiger partial charge is 0.481 e. The van der Waals surface area contributed by atoms with E-state index in [1.807, 2.05) is 18.5 Å². The van der Waals surface area contributed by atoms with Gasteiger partial charge in [-0.25, -0.2) is 24.3 Å². The first-order chi connectivity index (χ1) is 16.6. The number of benzene rings is 1. The maximum atomic E-state index is 13.5. The molecule has 5 rings (SSSR count). The van der Waals surface area contributed by atoms with Crippen LogP contribution in [0.1, 0.15) is 24.4 Å². The third-order valence-electron chi connectivity index (χ3n) is 6.22. The minimum absolute atomic E-state index is 0.204. The van der Waals surface area contributed by atoms with Gasteiger partial charge in [-0.05, 0) is 49.2 Å². The monoisotopic (exact) mass is 459 g/mol. The van der Waals surface area contributed by atoms with Crippen LogP contribution in [0.25, 0.3) is 22.6 Å². The van der Waals surface area contributed by atoms with Crippen molar-refractivity contribution in [2.45, 2.75) is 25.4 Å². The summed E-state index contributed by atoms with van der Waals surface area (Å²) in [4.78, 5) is 19.9. The molecule has 0 spiro atoms. The summed E-state index contributed by atoms with van der Waals surface area (Å²) in [6.45, 7) is 2.65. The molecule has 1 aliphatic rings. The lowest BCUT2D eigenvalue weighted by Crippen LogP contribution is -2.34. The van der Waals surface area contributed by atoms with Crippen LogP contribution in [-0.2, 0) is 6.54 Å². The van der Waals surface area contributed by atoms with E-state index in [-0.39, 0.29) is 17.8 Å². The molecule has 2 N–H and O–H groups in total. The number of nitrogen functional groups attached to an aromatic ring is 1. The molecule has 4 aromatic rings. The Balaban J connectivity index is 1.41. The van der Waals surface area contributed by atoms with Gasteiger partial charge in [-0.2, -0.15) is 0 Å². The van der Waals surface area contributed by atoms with Gasteiger partial charge in [-0.1, -0.05) is 6.07 Å². The SMILES string of the molecule is COc1ncccc1CN1CCC(n2cnc(-c3ccc(F)cc3)c2-c2ccnc(N)n2)CC1. The summed E-state index contributed by atoms with van der Waals surface area (Å²) in [7, 11) is 1.65. The smallest absolute Gasteiger partial charge is 0.220 e. The number of hydrogen-bond acceptors (Lipinski definition) is 7. The number of rotatable bonds is 6. The van der Waals surface area contributed by atoms with Gasteiger partial charge in [0.2, 0.25) is 11.8 Å². The number of pyridine rings is 1. The molecule has 9 heteroatoms. The van der Waals surface area contributed by atoms with Gasteiger partial charge in [0.1, 0.15) is 5.82 Å². The van der Waals surface area contributed by atoms with Crippen LogP contribution in [0.15, 0.2) is 61.2 Å². The van der Waals surface area contributed by atoms with E-state index in [0.29, 0.717) is 11.6 Å². The number of halogens is 1. The number of hydrogen-bond donors (Lipinski definition) is 1. The molecular weight excluding hydrogens is 433 g/mol. The van der Waals surface area contributed by atoms with Gasteiger partial charge >= 0.3 is 0 Å². The number of likely N-dealkylation sites (tertiary alicyclic amines) is 1. The first-order valence-electron chi connectivity index (χ1n) is 11.2. The summed E-state index contributed by atoms with van der Waals surface area (Å²) in [5.74, 6) is 0.594. The molecule has 8 nitrogen and oxygen atoms in total. The van der Waals surface area contributed by atoms with Crippen molar-refractivity contribution in [1.82, 2.24) is 29.4 Å². The van der Waals surface area contributed by atoms with Crippen molar-refractivity contribution in [3.05, 3.63) is 72.6 Å². The number of anilines is 1. The maximum absolute atomic E-state index is 13.5. The van der Waals surface area contributed by atoms with E-state index in [0.717, 1.165) is 55.0 Å². The van der Waals surface area contributed by atoms with Crippen molar-refractivity contribution in [3.8, 4) is 28.5 Å². The lowest BCUT2D eigenvalue weighted by molar-refractivity contribution is 0.178. The highest BCUT2D eigenvalue weighted by atomic mass is 19.1. The van der Waals surface area contributed by atoms with Crippen LogP contribution in [0.3, 0.4) is 0 Å². The fourth-order valence-electron chi connectivity index (χ4n) is 4.54. The van der Waals surface area contributed by atoms with Gasteiger partial charge in [-0.15, -0.1) is 0 Å². The fourth-order valence-corrected chi connectivity index (χ4v) is 4.54. The average molecular weight is 460 g/mol. The highest BCUT2D eigenvalue weighted by molar-refractivity contribution is 5.77. The van der Waals surface area contributed by atoms with Gasteiger partial charge in [0.15, 0.2) is 0 Å². The van der Waals surface area contributed by atoms with Crippen molar-refractivity contribution in [2.75, 3.05) is 25.9 Å². The summed E-state index contributed by atoms with van der Waals surface area (Å²) in [5.41, 5.74) is 10.1. The molecule has 3 aromatic heterocycles. The first kappa shape index (κ1) is 22.0.